The molecule has 3 heterocycles. The van der Waals surface area contributed by atoms with E-state index in [9.17, 15) is 56.8 Å². The molecule has 1 amide bonds. The van der Waals surface area contributed by atoms with Gasteiger partial charge in [0, 0.05) is 34.4 Å². The topological polar surface area (TPSA) is 158 Å². The molecule has 0 unspecified atom stereocenters. The molecule has 3 aliphatic rings. The first-order valence-electron chi connectivity index (χ1n) is 20.8. The third kappa shape index (κ3) is 9.45. The Balaban J connectivity index is 1.30. The monoisotopic (exact) mass is 1010 g/mol. The number of rotatable bonds is 16. The SMILES string of the molecule is CCS(=O)(=O)Nc1nn(CC(F)(F)F)c2c(-c3ccc(CCC(C)(C)S(=O)(=O)C4CC4)nc3[C@H](Cc3cc(F)cc(F)c3)NC(=O)Cn3nc(C(F)(F)F)c4c3C(F)(F)[C@@H]3C[C@H]43)ccc(Cl)c12. The van der Waals surface area contributed by atoms with E-state index in [1.165, 1.54) is 45.0 Å². The van der Waals surface area contributed by atoms with Crippen molar-refractivity contribution in [3.8, 4) is 11.1 Å². The van der Waals surface area contributed by atoms with Gasteiger partial charge in [0.1, 0.15) is 30.4 Å². The number of halogens is 11. The van der Waals surface area contributed by atoms with Gasteiger partial charge in [-0.25, -0.2) is 25.6 Å². The van der Waals surface area contributed by atoms with Gasteiger partial charge in [0.15, 0.2) is 21.3 Å². The number of aryl methyl sites for hydroxylation is 1. The lowest BCUT2D eigenvalue weighted by atomic mass is 9.93. The number of nitrogens with one attached hydrogen (secondary N) is 2. The summed E-state index contributed by atoms with van der Waals surface area (Å²) >= 11 is 6.54. The molecule has 2 aromatic carbocycles. The molecule has 0 radical (unpaired) electrons. The summed E-state index contributed by atoms with van der Waals surface area (Å²) in [6.45, 7) is 1.29. The van der Waals surface area contributed by atoms with Crippen LogP contribution in [0, 0.1) is 17.6 Å². The van der Waals surface area contributed by atoms with E-state index in [1.54, 1.807) is 0 Å². The second kappa shape index (κ2) is 16.6. The fourth-order valence-corrected chi connectivity index (χ4v) is 11.6. The van der Waals surface area contributed by atoms with Crippen molar-refractivity contribution in [1.29, 1.82) is 0 Å². The van der Waals surface area contributed by atoms with Crippen LogP contribution in [0.15, 0.2) is 42.5 Å². The van der Waals surface area contributed by atoms with Crippen LogP contribution in [0.5, 0.6) is 0 Å². The minimum atomic E-state index is -5.17. The average molecular weight is 1010 g/mol. The van der Waals surface area contributed by atoms with E-state index in [4.69, 9.17) is 16.6 Å². The zero-order valence-electron chi connectivity index (χ0n) is 35.5. The Morgan fingerprint density at radius 2 is 1.60 bits per heavy atom. The molecule has 0 saturated heterocycles. The van der Waals surface area contributed by atoms with Crippen LogP contribution < -0.4 is 10.0 Å². The molecule has 2 N–H and O–H groups in total. The number of amides is 1. The number of aromatic nitrogens is 5. The molecule has 5 aromatic rings. The van der Waals surface area contributed by atoms with Gasteiger partial charge in [-0.05, 0) is 95.0 Å². The number of carbonyl (C=O) groups is 1. The van der Waals surface area contributed by atoms with E-state index in [2.05, 4.69) is 20.2 Å². The number of sulfone groups is 1. The molecule has 2 saturated carbocycles. The van der Waals surface area contributed by atoms with Gasteiger partial charge in [-0.3, -0.25) is 23.9 Å². The van der Waals surface area contributed by atoms with Crippen LogP contribution in [0.3, 0.4) is 0 Å². The Bertz CT molecular complexity index is 3020. The number of pyridine rings is 1. The fourth-order valence-electron chi connectivity index (χ4n) is 8.77. The van der Waals surface area contributed by atoms with Gasteiger partial charge in [-0.1, -0.05) is 23.7 Å². The fraction of sp³-hybridized carbons (Fsp3) is 0.476. The number of benzene rings is 2. The number of hydrogen-bond donors (Lipinski definition) is 2. The summed E-state index contributed by atoms with van der Waals surface area (Å²) in [6.07, 6.45) is -10.1. The molecule has 3 aliphatic carbocycles. The smallest absolute Gasteiger partial charge is 0.346 e. The molecule has 0 spiro atoms. The largest absolute Gasteiger partial charge is 0.435 e. The Kier molecular flexibility index (Phi) is 12.0. The van der Waals surface area contributed by atoms with Gasteiger partial charge in [-0.2, -0.15) is 45.3 Å². The van der Waals surface area contributed by atoms with Crippen molar-refractivity contribution >= 4 is 54.1 Å². The highest BCUT2D eigenvalue weighted by atomic mass is 35.5. The van der Waals surface area contributed by atoms with E-state index in [0.717, 1.165) is 12.1 Å². The van der Waals surface area contributed by atoms with Gasteiger partial charge < -0.3 is 5.32 Å². The summed E-state index contributed by atoms with van der Waals surface area (Å²) in [5.74, 6) is -10.9. The van der Waals surface area contributed by atoms with Crippen LogP contribution in [-0.4, -0.2) is 69.2 Å². The summed E-state index contributed by atoms with van der Waals surface area (Å²) in [6, 6.07) is 5.87. The van der Waals surface area contributed by atoms with Crippen molar-refractivity contribution in [2.75, 3.05) is 10.5 Å². The Morgan fingerprint density at radius 1 is 0.940 bits per heavy atom. The summed E-state index contributed by atoms with van der Waals surface area (Å²) in [7, 11) is -7.83. The zero-order chi connectivity index (χ0) is 49.0. The van der Waals surface area contributed by atoms with Crippen LogP contribution in [0.1, 0.15) is 92.3 Å². The maximum Gasteiger partial charge on any atom is 0.435 e. The molecule has 362 valence electrons. The minimum absolute atomic E-state index is 0.0175. The van der Waals surface area contributed by atoms with Gasteiger partial charge in [0.2, 0.25) is 15.9 Å². The normalized spacial score (nSPS) is 18.8. The molecule has 0 bridgehead atoms. The molecular weight excluding hydrogens is 972 g/mol. The quantitative estimate of drug-likeness (QED) is 0.0927. The minimum Gasteiger partial charge on any atom is -0.346 e. The molecule has 2 fully saturated rings. The van der Waals surface area contributed by atoms with Gasteiger partial charge in [0.05, 0.1) is 43.4 Å². The van der Waals surface area contributed by atoms with Crippen molar-refractivity contribution in [3.05, 3.63) is 93.0 Å². The average Bonchev–Trinajstić information content (AvgIpc) is 4.13. The predicted octanol–water partition coefficient (Wildman–Crippen LogP) is 9.17. The van der Waals surface area contributed by atoms with Crippen LogP contribution in [0.4, 0.5) is 49.7 Å². The lowest BCUT2D eigenvalue weighted by molar-refractivity contribution is -0.142. The number of hydrogen-bond acceptors (Lipinski definition) is 8. The highest BCUT2D eigenvalue weighted by Gasteiger charge is 2.68. The second-order valence-electron chi connectivity index (χ2n) is 17.6. The summed E-state index contributed by atoms with van der Waals surface area (Å²) < 4.78 is 200. The molecule has 3 aromatic heterocycles. The molecule has 67 heavy (non-hydrogen) atoms. The molecule has 8 rings (SSSR count). The summed E-state index contributed by atoms with van der Waals surface area (Å²) in [4.78, 5) is 18.9. The highest BCUT2D eigenvalue weighted by molar-refractivity contribution is 7.93. The predicted molar refractivity (Wildman–Crippen MR) is 224 cm³/mol. The number of alkyl halides is 8. The van der Waals surface area contributed by atoms with E-state index < -0.39 is 137 Å². The molecule has 3 atom stereocenters. The molecular formula is C42H40ClF10N7O5S2. The first-order chi connectivity index (χ1) is 31.0. The van der Waals surface area contributed by atoms with Crippen molar-refractivity contribution in [3.63, 3.8) is 0 Å². The van der Waals surface area contributed by atoms with Gasteiger partial charge in [0.25, 0.3) is 5.92 Å². The lowest BCUT2D eigenvalue weighted by Crippen LogP contribution is -2.36. The molecule has 12 nitrogen and oxygen atoms in total. The number of carbonyl (C=O) groups excluding carboxylic acids is 1. The van der Waals surface area contributed by atoms with Crippen molar-refractivity contribution in [2.24, 2.45) is 5.92 Å². The van der Waals surface area contributed by atoms with Gasteiger partial charge in [-0.15, -0.1) is 0 Å². The number of sulfonamides is 1. The number of nitrogens with zero attached hydrogens (tertiary/aromatic N) is 5. The van der Waals surface area contributed by atoms with E-state index in [0.29, 0.717) is 23.6 Å². The van der Waals surface area contributed by atoms with Crippen molar-refractivity contribution < 1.29 is 65.5 Å². The van der Waals surface area contributed by atoms with Crippen LogP contribution in [0.25, 0.3) is 22.0 Å². The second-order valence-corrected chi connectivity index (χ2v) is 22.9. The third-order valence-electron chi connectivity index (χ3n) is 12.3. The zero-order valence-corrected chi connectivity index (χ0v) is 37.9. The van der Waals surface area contributed by atoms with Crippen molar-refractivity contribution in [2.45, 2.75) is 113 Å². The van der Waals surface area contributed by atoms with Crippen LogP contribution in [0.2, 0.25) is 5.02 Å². The van der Waals surface area contributed by atoms with E-state index in [-0.39, 0.29) is 62.4 Å². The van der Waals surface area contributed by atoms with Gasteiger partial charge >= 0.3 is 12.4 Å². The maximum atomic E-state index is 15.5. The first-order valence-corrected chi connectivity index (χ1v) is 24.4. The summed E-state index contributed by atoms with van der Waals surface area (Å²) in [5, 5.41) is 8.75. The first kappa shape index (κ1) is 48.5. The third-order valence-corrected chi connectivity index (χ3v) is 17.0. The van der Waals surface area contributed by atoms with Crippen molar-refractivity contribution in [1.82, 2.24) is 29.9 Å². The van der Waals surface area contributed by atoms with Crippen LogP contribution in [-0.2, 0) is 62.7 Å². The highest BCUT2D eigenvalue weighted by Crippen LogP contribution is 2.68. The number of fused-ring (bicyclic) bond motifs is 4. The summed E-state index contributed by atoms with van der Waals surface area (Å²) in [5.41, 5.74) is -4.35. The Hall–Kier alpha value is -4.97. The standard InChI is InChI=1S/C42H40ClF10N7O5S2/c1-4-66(62,63)58-38-33-29(43)10-9-26(35(33)60(57-38)19-40(46,47)48)25-8-5-23(11-12-39(2,3)67(64,65)24-6-7-24)54-34(25)30(15-20-13-21(44)16-22(45)14-20)55-31(61)18-59-37-32(36(56-59)42(51,52)53)27-17-28(27)41(37,49)50/h5,8-10,13-14,16,24,27-28,30H,4,6-7,11-12,15,17-19H2,1-3H3,(H,55,61)(H,57,58)/t27-,28+,30-/m0/s1. The lowest BCUT2D eigenvalue weighted by Gasteiger charge is -2.26. The Labute approximate surface area is 381 Å². The number of anilines is 1. The Morgan fingerprint density at radius 3 is 2.21 bits per heavy atom. The van der Waals surface area contributed by atoms with E-state index >= 15 is 8.78 Å². The van der Waals surface area contributed by atoms with E-state index in [1.807, 2.05) is 0 Å². The molecule has 25 heteroatoms. The maximum absolute atomic E-state index is 15.5. The van der Waals surface area contributed by atoms with Crippen LogP contribution >= 0.6 is 11.6 Å². The molecule has 0 aliphatic heterocycles.